The van der Waals surface area contributed by atoms with E-state index in [0.29, 0.717) is 5.57 Å². The fourth-order valence-corrected chi connectivity index (χ4v) is 0.486. The maximum Gasteiger partial charge on any atom is 0.333 e. The number of carboxylic acid groups (broad SMARTS) is 1. The molecule has 0 fully saturated rings. The number of aliphatic carboxylic acids is 1. The summed E-state index contributed by atoms with van der Waals surface area (Å²) < 4.78 is 4.80. The summed E-state index contributed by atoms with van der Waals surface area (Å²) in [5, 5.41) is 7.89. The van der Waals surface area contributed by atoms with E-state index in [1.54, 1.807) is 13.8 Å². The van der Waals surface area contributed by atoms with Gasteiger partial charge in [0.2, 0.25) is 6.08 Å². The Kier molecular flexibility index (Phi) is 10.1. The number of carbonyl (C=O) groups excluding carboxylic acids is 2. The molecule has 0 saturated heterocycles. The number of ether oxygens (including phenoxy) is 1. The summed E-state index contributed by atoms with van der Waals surface area (Å²) >= 11 is 0. The van der Waals surface area contributed by atoms with Crippen LogP contribution in [-0.2, 0) is 19.1 Å². The molecule has 0 rings (SSSR count). The molecule has 0 aromatic heterocycles. The van der Waals surface area contributed by atoms with Gasteiger partial charge in [0.15, 0.2) is 0 Å². The van der Waals surface area contributed by atoms with Crippen LogP contribution in [0.25, 0.3) is 0 Å². The van der Waals surface area contributed by atoms with E-state index in [4.69, 9.17) is 9.84 Å². The van der Waals surface area contributed by atoms with Crippen molar-refractivity contribution < 1.29 is 24.2 Å². The lowest BCUT2D eigenvalue weighted by molar-refractivity contribution is -0.142. The first-order valence-corrected chi connectivity index (χ1v) is 5.01. The van der Waals surface area contributed by atoms with Crippen molar-refractivity contribution in [1.29, 1.82) is 0 Å². The van der Waals surface area contributed by atoms with E-state index in [2.05, 4.69) is 18.2 Å². The Labute approximate surface area is 106 Å². The standard InChI is InChI=1S/C8H11NO3.C4H6O2/c1-6(2)8(11)12-7(3)4-9-5-10;1-3(2)4(5)6/h7H,1,4H2,2-3H3;1H2,2H3,(H,5,6). The fourth-order valence-electron chi connectivity index (χ4n) is 0.486. The van der Waals surface area contributed by atoms with Gasteiger partial charge in [-0.05, 0) is 20.8 Å². The Balaban J connectivity index is 0. The molecule has 0 aromatic carbocycles. The van der Waals surface area contributed by atoms with E-state index < -0.39 is 18.0 Å². The third-order valence-corrected chi connectivity index (χ3v) is 1.43. The van der Waals surface area contributed by atoms with Crippen LogP contribution < -0.4 is 0 Å². The molecule has 0 radical (unpaired) electrons. The Morgan fingerprint density at radius 2 is 1.78 bits per heavy atom. The quantitative estimate of drug-likeness (QED) is 0.347. The highest BCUT2D eigenvalue weighted by molar-refractivity contribution is 5.87. The number of esters is 1. The lowest BCUT2D eigenvalue weighted by Gasteiger charge is -2.08. The summed E-state index contributed by atoms with van der Waals surface area (Å²) in [6.07, 6.45) is 0.956. The number of nitrogens with zero attached hydrogens (tertiary/aromatic N) is 1. The van der Waals surface area contributed by atoms with Crippen LogP contribution in [0.5, 0.6) is 0 Å². The van der Waals surface area contributed by atoms with Crippen molar-refractivity contribution in [3.63, 3.8) is 0 Å². The van der Waals surface area contributed by atoms with E-state index in [1.807, 2.05) is 0 Å². The predicted molar refractivity (Wildman–Crippen MR) is 65.8 cm³/mol. The number of aliphatic imine (C=N–C) groups is 1. The number of hydrogen-bond acceptors (Lipinski definition) is 5. The summed E-state index contributed by atoms with van der Waals surface area (Å²) in [5.74, 6) is -1.40. The second-order valence-corrected chi connectivity index (χ2v) is 3.51. The Hall–Kier alpha value is -2.20. The van der Waals surface area contributed by atoms with Crippen molar-refractivity contribution in [3.05, 3.63) is 24.3 Å². The van der Waals surface area contributed by atoms with Crippen molar-refractivity contribution in [2.45, 2.75) is 26.9 Å². The molecule has 1 unspecified atom stereocenters. The molecule has 0 aromatic rings. The van der Waals surface area contributed by atoms with Gasteiger partial charge in [0.05, 0.1) is 6.54 Å². The molecule has 18 heavy (non-hydrogen) atoms. The van der Waals surface area contributed by atoms with Gasteiger partial charge in [0, 0.05) is 11.1 Å². The molecule has 0 aliphatic rings. The van der Waals surface area contributed by atoms with Crippen LogP contribution in [0, 0.1) is 0 Å². The maximum absolute atomic E-state index is 10.9. The summed E-state index contributed by atoms with van der Waals surface area (Å²) in [4.78, 5) is 33.4. The highest BCUT2D eigenvalue weighted by atomic mass is 16.5. The van der Waals surface area contributed by atoms with Gasteiger partial charge in [-0.15, -0.1) is 0 Å². The number of hydrogen-bond donors (Lipinski definition) is 1. The minimum atomic E-state index is -0.935. The molecule has 0 aliphatic heterocycles. The van der Waals surface area contributed by atoms with Crippen LogP contribution in [-0.4, -0.2) is 35.8 Å². The van der Waals surface area contributed by atoms with Gasteiger partial charge >= 0.3 is 11.9 Å². The third kappa shape index (κ3) is 11.9. The van der Waals surface area contributed by atoms with Gasteiger partial charge in [-0.2, -0.15) is 0 Å². The molecule has 100 valence electrons. The van der Waals surface area contributed by atoms with Crippen molar-refractivity contribution in [1.82, 2.24) is 0 Å². The smallest absolute Gasteiger partial charge is 0.333 e. The lowest BCUT2D eigenvalue weighted by atomic mass is 10.3. The van der Waals surface area contributed by atoms with Gasteiger partial charge < -0.3 is 9.84 Å². The van der Waals surface area contributed by atoms with E-state index >= 15 is 0 Å². The van der Waals surface area contributed by atoms with Gasteiger partial charge in [-0.1, -0.05) is 13.2 Å². The van der Waals surface area contributed by atoms with Crippen LogP contribution in [0.4, 0.5) is 0 Å². The first kappa shape index (κ1) is 18.2. The van der Waals surface area contributed by atoms with E-state index in [9.17, 15) is 14.4 Å². The van der Waals surface area contributed by atoms with Crippen LogP contribution >= 0.6 is 0 Å². The molecule has 1 atom stereocenters. The third-order valence-electron chi connectivity index (χ3n) is 1.43. The van der Waals surface area contributed by atoms with Crippen LogP contribution in [0.15, 0.2) is 29.3 Å². The summed E-state index contributed by atoms with van der Waals surface area (Å²) in [5.41, 5.74) is 0.506. The molecule has 0 saturated carbocycles. The zero-order chi connectivity index (χ0) is 14.7. The van der Waals surface area contributed by atoms with E-state index in [1.165, 1.54) is 13.0 Å². The van der Waals surface area contributed by atoms with Gasteiger partial charge in [0.1, 0.15) is 6.10 Å². The zero-order valence-corrected chi connectivity index (χ0v) is 10.7. The molecule has 0 heterocycles. The van der Waals surface area contributed by atoms with Gasteiger partial charge in [0.25, 0.3) is 0 Å². The summed E-state index contributed by atoms with van der Waals surface area (Å²) in [6.45, 7) is 11.3. The van der Waals surface area contributed by atoms with Crippen molar-refractivity contribution in [2.75, 3.05) is 6.54 Å². The number of rotatable bonds is 5. The Morgan fingerprint density at radius 3 is 2.06 bits per heavy atom. The molecular formula is C12H17NO5. The largest absolute Gasteiger partial charge is 0.478 e. The Morgan fingerprint density at radius 1 is 1.33 bits per heavy atom. The predicted octanol–water partition coefficient (Wildman–Crippen LogP) is 1.48. The molecular weight excluding hydrogens is 238 g/mol. The summed E-state index contributed by atoms with van der Waals surface area (Å²) in [6, 6.07) is 0. The van der Waals surface area contributed by atoms with E-state index in [0.717, 1.165) is 0 Å². The second-order valence-electron chi connectivity index (χ2n) is 3.51. The summed E-state index contributed by atoms with van der Waals surface area (Å²) in [7, 11) is 0. The molecule has 6 heteroatoms. The average molecular weight is 255 g/mol. The van der Waals surface area contributed by atoms with Crippen LogP contribution in [0.3, 0.4) is 0 Å². The maximum atomic E-state index is 10.9. The molecule has 0 spiro atoms. The average Bonchev–Trinajstić information content (AvgIpc) is 2.26. The zero-order valence-electron chi connectivity index (χ0n) is 10.7. The monoisotopic (exact) mass is 255 g/mol. The minimum absolute atomic E-state index is 0.141. The molecule has 0 bridgehead atoms. The fraction of sp³-hybridized carbons (Fsp3) is 0.417. The molecule has 0 amide bonds. The van der Waals surface area contributed by atoms with Crippen molar-refractivity contribution in [3.8, 4) is 0 Å². The molecule has 1 N–H and O–H groups in total. The highest BCUT2D eigenvalue weighted by Gasteiger charge is 2.08. The molecule has 0 aliphatic carbocycles. The van der Waals surface area contributed by atoms with Crippen LogP contribution in [0.1, 0.15) is 20.8 Å². The Bertz CT molecular complexity index is 368. The van der Waals surface area contributed by atoms with Crippen molar-refractivity contribution in [2.24, 2.45) is 4.99 Å². The number of isocyanates is 1. The first-order valence-electron chi connectivity index (χ1n) is 5.01. The second kappa shape index (κ2) is 9.99. The van der Waals surface area contributed by atoms with E-state index in [-0.39, 0.29) is 12.1 Å². The van der Waals surface area contributed by atoms with Crippen LogP contribution in [0.2, 0.25) is 0 Å². The normalized spacial score (nSPS) is 9.94. The lowest BCUT2D eigenvalue weighted by Crippen LogP contribution is -2.17. The van der Waals surface area contributed by atoms with Crippen molar-refractivity contribution >= 4 is 18.0 Å². The number of carbonyl (C=O) groups is 2. The first-order chi connectivity index (χ1) is 8.22. The topological polar surface area (TPSA) is 93.0 Å². The molecule has 6 nitrogen and oxygen atoms in total. The highest BCUT2D eigenvalue weighted by Crippen LogP contribution is 1.97. The van der Waals surface area contributed by atoms with Gasteiger partial charge in [-0.3, -0.25) is 0 Å². The SMILES string of the molecule is C=C(C)C(=O)O.C=C(C)C(=O)OC(C)CN=C=O. The minimum Gasteiger partial charge on any atom is -0.478 e. The van der Waals surface area contributed by atoms with Gasteiger partial charge in [-0.25, -0.2) is 19.4 Å². The number of carboxylic acids is 1.